The lowest BCUT2D eigenvalue weighted by Crippen LogP contribution is -2.36. The minimum absolute atomic E-state index is 0.0266. The van der Waals surface area contributed by atoms with E-state index < -0.39 is 6.98 Å². The molecule has 4 aromatic rings. The van der Waals surface area contributed by atoms with Crippen molar-refractivity contribution in [1.82, 2.24) is 24.6 Å². The van der Waals surface area contributed by atoms with Gasteiger partial charge in [0, 0.05) is 59.6 Å². The largest absolute Gasteiger partial charge is 0.378 e. The molecular weight excluding hydrogens is 432 g/mol. The third kappa shape index (κ3) is 3.69. The maximum Gasteiger partial charge on any atom is 0.228 e. The van der Waals surface area contributed by atoms with Gasteiger partial charge in [0.2, 0.25) is 5.91 Å². The summed E-state index contributed by atoms with van der Waals surface area (Å²) in [5, 5.41) is 14.2. The lowest BCUT2D eigenvalue weighted by molar-refractivity contribution is -0.117. The third-order valence-corrected chi connectivity index (χ3v) is 6.53. The first-order valence-electron chi connectivity index (χ1n) is 12.8. The molecule has 10 nitrogen and oxygen atoms in total. The molecule has 0 radical (unpaired) electrons. The fourth-order valence-electron chi connectivity index (χ4n) is 4.41. The zero-order valence-electron chi connectivity index (χ0n) is 21.7. The van der Waals surface area contributed by atoms with E-state index in [-0.39, 0.29) is 23.2 Å². The van der Waals surface area contributed by atoms with Crippen LogP contribution < -0.4 is 15.5 Å². The molecule has 0 unspecified atom stereocenters. The second kappa shape index (κ2) is 8.21. The molecule has 0 bridgehead atoms. The molecule has 34 heavy (non-hydrogen) atoms. The van der Waals surface area contributed by atoms with Crippen molar-refractivity contribution >= 4 is 39.8 Å². The van der Waals surface area contributed by atoms with E-state index in [2.05, 4.69) is 30.7 Å². The minimum atomic E-state index is -2.46. The van der Waals surface area contributed by atoms with E-state index >= 15 is 0 Å². The highest BCUT2D eigenvalue weighted by Gasteiger charge is 2.39. The first-order valence-corrected chi connectivity index (χ1v) is 11.3. The number of amides is 1. The van der Waals surface area contributed by atoms with Gasteiger partial charge in [0.25, 0.3) is 0 Å². The Morgan fingerprint density at radius 3 is 2.88 bits per heavy atom. The summed E-state index contributed by atoms with van der Waals surface area (Å²) in [5.74, 6) is 0.603. The number of rotatable bonds is 5. The van der Waals surface area contributed by atoms with Crippen molar-refractivity contribution in [2.45, 2.75) is 13.3 Å². The topological polar surface area (TPSA) is 110 Å². The number of aromatic nitrogens is 5. The Balaban J connectivity index is 1.41. The number of carbonyl (C=O) groups is 1. The summed E-state index contributed by atoms with van der Waals surface area (Å²) in [5.41, 5.74) is 3.39. The summed E-state index contributed by atoms with van der Waals surface area (Å²) in [7, 11) is 0. The number of hydrogen-bond acceptors (Lipinski definition) is 8. The normalized spacial score (nSPS) is 21.7. The molecule has 2 atom stereocenters. The van der Waals surface area contributed by atoms with Gasteiger partial charge in [0.05, 0.1) is 24.6 Å². The number of nitrogens with zero attached hydrogens (tertiary/aromatic N) is 6. The van der Waals surface area contributed by atoms with Gasteiger partial charge < -0.3 is 24.7 Å². The summed E-state index contributed by atoms with van der Waals surface area (Å²) in [6, 6.07) is 5.68. The van der Waals surface area contributed by atoms with Gasteiger partial charge in [0.1, 0.15) is 11.2 Å². The molecule has 2 aliphatic rings. The number of carbonyl (C=O) groups excluding carboxylic acids is 1. The second-order valence-electron chi connectivity index (χ2n) is 8.82. The zero-order chi connectivity index (χ0) is 25.7. The van der Waals surface area contributed by atoms with Crippen molar-refractivity contribution in [1.29, 1.82) is 0 Å². The molecule has 10 heteroatoms. The Bertz CT molecular complexity index is 1500. The molecule has 4 aromatic heterocycles. The summed E-state index contributed by atoms with van der Waals surface area (Å²) >= 11 is 0. The van der Waals surface area contributed by atoms with Gasteiger partial charge in [0.15, 0.2) is 11.6 Å². The molecule has 1 aliphatic carbocycles. The fraction of sp³-hybridized carbons (Fsp3) is 0.375. The molecule has 1 amide bonds. The van der Waals surface area contributed by atoms with E-state index in [0.29, 0.717) is 41.6 Å². The van der Waals surface area contributed by atoms with Gasteiger partial charge in [-0.1, -0.05) is 6.92 Å². The Kier molecular flexibility index (Phi) is 4.26. The first kappa shape index (κ1) is 17.7. The smallest absolute Gasteiger partial charge is 0.228 e. The van der Waals surface area contributed by atoms with E-state index in [1.807, 2.05) is 35.9 Å². The van der Waals surface area contributed by atoms with Crippen LogP contribution in [-0.4, -0.2) is 63.8 Å². The molecule has 1 saturated carbocycles. The van der Waals surface area contributed by atoms with Crippen LogP contribution >= 0.6 is 0 Å². The predicted octanol–water partition coefficient (Wildman–Crippen LogP) is 2.81. The summed E-state index contributed by atoms with van der Waals surface area (Å²) in [4.78, 5) is 23.9. The number of pyridine rings is 2. The van der Waals surface area contributed by atoms with Crippen molar-refractivity contribution < 1.29 is 13.6 Å². The van der Waals surface area contributed by atoms with Crippen LogP contribution in [0.15, 0.2) is 36.8 Å². The molecule has 6 rings (SSSR count). The van der Waals surface area contributed by atoms with Gasteiger partial charge in [-0.15, -0.1) is 10.2 Å². The second-order valence-corrected chi connectivity index (χ2v) is 8.82. The van der Waals surface area contributed by atoms with Crippen LogP contribution in [0.1, 0.15) is 17.5 Å². The van der Waals surface area contributed by atoms with Crippen molar-refractivity contribution in [2.75, 3.05) is 48.8 Å². The van der Waals surface area contributed by atoms with Crippen LogP contribution in [0.5, 0.6) is 0 Å². The Morgan fingerprint density at radius 2 is 2.09 bits per heavy atom. The van der Waals surface area contributed by atoms with Crippen LogP contribution in [0.2, 0.25) is 0 Å². The average Bonchev–Trinajstić information content (AvgIpc) is 3.46. The summed E-state index contributed by atoms with van der Waals surface area (Å²) in [6.45, 7) is 2.61. The highest BCUT2D eigenvalue weighted by atomic mass is 16.5. The third-order valence-electron chi connectivity index (χ3n) is 6.53. The highest BCUT2D eigenvalue weighted by Crippen LogP contribution is 2.38. The molecule has 174 valence electrons. The molecule has 1 saturated heterocycles. The van der Waals surface area contributed by atoms with Crippen LogP contribution in [0.3, 0.4) is 0 Å². The van der Waals surface area contributed by atoms with Crippen LogP contribution in [0.4, 0.5) is 17.3 Å². The van der Waals surface area contributed by atoms with Crippen LogP contribution in [-0.2, 0) is 9.53 Å². The van der Waals surface area contributed by atoms with E-state index in [0.717, 1.165) is 30.8 Å². The number of nitrogens with one attached hydrogen (secondary N) is 2. The molecule has 1 aliphatic heterocycles. The standard InChI is InChI=1S/C24H26N8O2/c1-14-9-16(14)24(33)28-20-10-17-18(11-26-23(25-2)22(17)30-29-20)19-13-32-12-15(3-4-21(32)27-19)31-5-7-34-8-6-31/h3-4,10-14,16H,5-9H2,1-2H3,(H,25,26)(H,28,29,33)/t14-,16+/m1/s1/i2D3. The molecule has 0 spiro atoms. The molecule has 2 fully saturated rings. The lowest BCUT2D eigenvalue weighted by Gasteiger charge is -2.28. The minimum Gasteiger partial charge on any atom is -0.378 e. The maximum atomic E-state index is 12.5. The van der Waals surface area contributed by atoms with Crippen molar-refractivity contribution in [3.8, 4) is 11.3 Å². The van der Waals surface area contributed by atoms with E-state index in [4.69, 9.17) is 13.8 Å². The van der Waals surface area contributed by atoms with Crippen LogP contribution in [0, 0.1) is 11.8 Å². The summed E-state index contributed by atoms with van der Waals surface area (Å²) in [6.07, 6.45) is 6.34. The zero-order valence-corrected chi connectivity index (χ0v) is 18.7. The lowest BCUT2D eigenvalue weighted by atomic mass is 10.1. The number of anilines is 3. The van der Waals surface area contributed by atoms with Gasteiger partial charge in [-0.3, -0.25) is 4.79 Å². The van der Waals surface area contributed by atoms with E-state index in [1.165, 1.54) is 0 Å². The molecule has 2 N–H and O–H groups in total. The Hall–Kier alpha value is -3.79. The first-order chi connectivity index (χ1) is 17.7. The Labute approximate surface area is 200 Å². The predicted molar refractivity (Wildman–Crippen MR) is 130 cm³/mol. The fourth-order valence-corrected chi connectivity index (χ4v) is 4.41. The van der Waals surface area contributed by atoms with Gasteiger partial charge in [-0.2, -0.15) is 0 Å². The molecular formula is C24H26N8O2. The number of ether oxygens (including phenoxy) is 1. The van der Waals surface area contributed by atoms with Gasteiger partial charge >= 0.3 is 0 Å². The van der Waals surface area contributed by atoms with Gasteiger partial charge in [-0.25, -0.2) is 9.97 Å². The van der Waals surface area contributed by atoms with Crippen LogP contribution in [0.25, 0.3) is 27.8 Å². The van der Waals surface area contributed by atoms with Crippen molar-refractivity contribution in [3.63, 3.8) is 0 Å². The SMILES string of the molecule is [2H]C([2H])([2H])Nc1ncc(-c2cn3cc(N4CCOCC4)ccc3n2)c2cc(NC(=O)[C@H]3C[C@H]3C)nnc12. The number of imidazole rings is 1. The maximum absolute atomic E-state index is 12.5. The van der Waals surface area contributed by atoms with E-state index in [1.54, 1.807) is 12.3 Å². The highest BCUT2D eigenvalue weighted by molar-refractivity contribution is 6.01. The average molecular weight is 462 g/mol. The van der Waals surface area contributed by atoms with Gasteiger partial charge in [-0.05, 0) is 30.5 Å². The molecule has 5 heterocycles. The number of fused-ring (bicyclic) bond motifs is 2. The number of morpholine rings is 1. The van der Waals surface area contributed by atoms with E-state index in [9.17, 15) is 4.79 Å². The monoisotopic (exact) mass is 461 g/mol. The summed E-state index contributed by atoms with van der Waals surface area (Å²) < 4.78 is 30.2. The molecule has 0 aromatic carbocycles. The Morgan fingerprint density at radius 1 is 1.24 bits per heavy atom. The van der Waals surface area contributed by atoms with Crippen molar-refractivity contribution in [3.05, 3.63) is 36.8 Å². The number of hydrogen-bond donors (Lipinski definition) is 2. The quantitative estimate of drug-likeness (QED) is 0.467. The van der Waals surface area contributed by atoms with Crippen molar-refractivity contribution in [2.24, 2.45) is 11.8 Å².